The van der Waals surface area contributed by atoms with Crippen molar-refractivity contribution in [3.8, 4) is 0 Å². The molecule has 0 saturated carbocycles. The van der Waals surface area contributed by atoms with Gasteiger partial charge in [-0.3, -0.25) is 4.90 Å². The van der Waals surface area contributed by atoms with E-state index < -0.39 is 0 Å². The van der Waals surface area contributed by atoms with Gasteiger partial charge in [-0.1, -0.05) is 32.9 Å². The summed E-state index contributed by atoms with van der Waals surface area (Å²) in [7, 11) is 0. The Bertz CT molecular complexity index is 211. The van der Waals surface area contributed by atoms with Crippen LogP contribution in [0.25, 0.3) is 0 Å². The van der Waals surface area contributed by atoms with E-state index in [0.29, 0.717) is 6.04 Å². The Morgan fingerprint density at radius 3 is 2.44 bits per heavy atom. The maximum absolute atomic E-state index is 3.56. The maximum Gasteiger partial charge on any atom is 0.0166 e. The second kappa shape index (κ2) is 7.08. The minimum Gasteiger partial charge on any atom is -0.316 e. The molecule has 0 aromatic rings. The third-order valence-corrected chi connectivity index (χ3v) is 3.51. The van der Waals surface area contributed by atoms with Gasteiger partial charge in [0.15, 0.2) is 0 Å². The van der Waals surface area contributed by atoms with Crippen molar-refractivity contribution in [2.45, 2.75) is 40.2 Å². The Balaban J connectivity index is 2.24. The molecule has 2 heteroatoms. The molecule has 0 bridgehead atoms. The van der Waals surface area contributed by atoms with E-state index in [1.54, 1.807) is 0 Å². The summed E-state index contributed by atoms with van der Waals surface area (Å²) >= 11 is 0. The Kier molecular flexibility index (Phi) is 6.07. The van der Waals surface area contributed by atoms with Crippen molar-refractivity contribution >= 4 is 0 Å². The van der Waals surface area contributed by atoms with Crippen LogP contribution in [0.1, 0.15) is 34.1 Å². The molecule has 1 N–H and O–H groups in total. The molecule has 0 saturated heterocycles. The molecule has 0 aromatic heterocycles. The molecule has 0 spiro atoms. The van der Waals surface area contributed by atoms with Gasteiger partial charge < -0.3 is 5.32 Å². The van der Waals surface area contributed by atoms with Crippen LogP contribution in [0.4, 0.5) is 0 Å². The SMILES string of the molecule is CC(C)CNCC(C)C(C)N1CC=CCC1. The Labute approximate surface area is 101 Å². The molecule has 0 aliphatic carbocycles. The lowest BCUT2D eigenvalue weighted by molar-refractivity contribution is 0.173. The lowest BCUT2D eigenvalue weighted by atomic mass is 10.0. The van der Waals surface area contributed by atoms with Crippen LogP contribution < -0.4 is 5.32 Å². The number of rotatable bonds is 6. The van der Waals surface area contributed by atoms with Crippen molar-refractivity contribution in [2.24, 2.45) is 11.8 Å². The first kappa shape index (κ1) is 13.7. The molecule has 0 fully saturated rings. The van der Waals surface area contributed by atoms with Gasteiger partial charge in [0.2, 0.25) is 0 Å². The first-order valence-electron chi connectivity index (χ1n) is 6.71. The Morgan fingerprint density at radius 2 is 1.88 bits per heavy atom. The smallest absolute Gasteiger partial charge is 0.0166 e. The second-order valence-electron chi connectivity index (χ2n) is 5.52. The molecule has 0 radical (unpaired) electrons. The van der Waals surface area contributed by atoms with Crippen molar-refractivity contribution in [1.29, 1.82) is 0 Å². The normalized spacial score (nSPS) is 21.3. The fourth-order valence-electron chi connectivity index (χ4n) is 2.16. The monoisotopic (exact) mass is 224 g/mol. The molecule has 1 aliphatic heterocycles. The fourth-order valence-corrected chi connectivity index (χ4v) is 2.16. The zero-order valence-electron chi connectivity index (χ0n) is 11.4. The van der Waals surface area contributed by atoms with Crippen LogP contribution in [0, 0.1) is 11.8 Å². The molecule has 0 aromatic carbocycles. The van der Waals surface area contributed by atoms with Gasteiger partial charge in [0.05, 0.1) is 0 Å². The van der Waals surface area contributed by atoms with Crippen LogP contribution >= 0.6 is 0 Å². The van der Waals surface area contributed by atoms with Crippen molar-refractivity contribution in [2.75, 3.05) is 26.2 Å². The van der Waals surface area contributed by atoms with Crippen molar-refractivity contribution < 1.29 is 0 Å². The largest absolute Gasteiger partial charge is 0.316 e. The van der Waals surface area contributed by atoms with E-state index in [0.717, 1.165) is 31.5 Å². The summed E-state index contributed by atoms with van der Waals surface area (Å²) < 4.78 is 0. The first-order chi connectivity index (χ1) is 7.61. The lowest BCUT2D eigenvalue weighted by Crippen LogP contribution is -2.43. The summed E-state index contributed by atoms with van der Waals surface area (Å²) in [5.41, 5.74) is 0. The summed E-state index contributed by atoms with van der Waals surface area (Å²) in [5.74, 6) is 1.48. The van der Waals surface area contributed by atoms with Crippen LogP contribution in [-0.2, 0) is 0 Å². The van der Waals surface area contributed by atoms with Crippen LogP contribution in [-0.4, -0.2) is 37.1 Å². The molecule has 1 heterocycles. The second-order valence-corrected chi connectivity index (χ2v) is 5.52. The van der Waals surface area contributed by atoms with Crippen molar-refractivity contribution in [3.63, 3.8) is 0 Å². The molecule has 0 amide bonds. The standard InChI is InChI=1S/C14H28N2/c1-12(2)10-15-11-13(3)14(4)16-8-6-5-7-9-16/h5-6,12-15H,7-11H2,1-4H3. The number of hydrogen-bond donors (Lipinski definition) is 1. The highest BCUT2D eigenvalue weighted by Crippen LogP contribution is 2.13. The van der Waals surface area contributed by atoms with Gasteiger partial charge in [-0.25, -0.2) is 0 Å². The summed E-state index contributed by atoms with van der Waals surface area (Å²) in [4.78, 5) is 2.59. The van der Waals surface area contributed by atoms with Crippen LogP contribution in [0.2, 0.25) is 0 Å². The third kappa shape index (κ3) is 4.67. The van der Waals surface area contributed by atoms with Gasteiger partial charge in [-0.15, -0.1) is 0 Å². The van der Waals surface area contributed by atoms with Crippen molar-refractivity contribution in [3.05, 3.63) is 12.2 Å². The average molecular weight is 224 g/mol. The lowest BCUT2D eigenvalue weighted by Gasteiger charge is -2.34. The molecule has 1 rings (SSSR count). The van der Waals surface area contributed by atoms with E-state index >= 15 is 0 Å². The molecule has 2 atom stereocenters. The van der Waals surface area contributed by atoms with Crippen LogP contribution in [0.5, 0.6) is 0 Å². The average Bonchev–Trinajstić information content (AvgIpc) is 2.28. The zero-order valence-corrected chi connectivity index (χ0v) is 11.4. The van der Waals surface area contributed by atoms with Gasteiger partial charge in [-0.2, -0.15) is 0 Å². The predicted molar refractivity (Wildman–Crippen MR) is 71.7 cm³/mol. The maximum atomic E-state index is 3.56. The molecule has 16 heavy (non-hydrogen) atoms. The molecular weight excluding hydrogens is 196 g/mol. The van der Waals surface area contributed by atoms with E-state index in [4.69, 9.17) is 0 Å². The zero-order chi connectivity index (χ0) is 12.0. The fraction of sp³-hybridized carbons (Fsp3) is 0.857. The number of hydrogen-bond acceptors (Lipinski definition) is 2. The van der Waals surface area contributed by atoms with Crippen LogP contribution in [0.3, 0.4) is 0 Å². The molecule has 2 unspecified atom stereocenters. The Hall–Kier alpha value is -0.340. The highest BCUT2D eigenvalue weighted by molar-refractivity contribution is 4.93. The van der Waals surface area contributed by atoms with E-state index in [9.17, 15) is 0 Å². The number of nitrogens with one attached hydrogen (secondary N) is 1. The van der Waals surface area contributed by atoms with E-state index in [-0.39, 0.29) is 0 Å². The summed E-state index contributed by atoms with van der Waals surface area (Å²) in [6.07, 6.45) is 5.82. The quantitative estimate of drug-likeness (QED) is 0.697. The third-order valence-electron chi connectivity index (χ3n) is 3.51. The summed E-state index contributed by atoms with van der Waals surface area (Å²) in [5, 5.41) is 3.56. The number of nitrogens with zero attached hydrogens (tertiary/aromatic N) is 1. The predicted octanol–water partition coefficient (Wildman–Crippen LogP) is 2.52. The van der Waals surface area contributed by atoms with Crippen molar-refractivity contribution in [1.82, 2.24) is 10.2 Å². The molecule has 2 nitrogen and oxygen atoms in total. The van der Waals surface area contributed by atoms with E-state index in [1.807, 2.05) is 0 Å². The topological polar surface area (TPSA) is 15.3 Å². The summed E-state index contributed by atoms with van der Waals surface area (Å²) in [6, 6.07) is 0.685. The molecule has 94 valence electrons. The van der Waals surface area contributed by atoms with Gasteiger partial charge in [-0.05, 0) is 38.3 Å². The Morgan fingerprint density at radius 1 is 1.12 bits per heavy atom. The van der Waals surface area contributed by atoms with E-state index in [1.165, 1.54) is 13.0 Å². The molecular formula is C14H28N2. The highest BCUT2D eigenvalue weighted by atomic mass is 15.2. The van der Waals surface area contributed by atoms with Gasteiger partial charge in [0, 0.05) is 19.1 Å². The molecule has 1 aliphatic rings. The first-order valence-corrected chi connectivity index (χ1v) is 6.71. The minimum atomic E-state index is 0.685. The van der Waals surface area contributed by atoms with Gasteiger partial charge in [0.1, 0.15) is 0 Å². The summed E-state index contributed by atoms with van der Waals surface area (Å²) in [6.45, 7) is 13.9. The van der Waals surface area contributed by atoms with Gasteiger partial charge >= 0.3 is 0 Å². The highest BCUT2D eigenvalue weighted by Gasteiger charge is 2.19. The van der Waals surface area contributed by atoms with E-state index in [2.05, 4.69) is 50.1 Å². The van der Waals surface area contributed by atoms with Crippen LogP contribution in [0.15, 0.2) is 12.2 Å². The minimum absolute atomic E-state index is 0.685. The van der Waals surface area contributed by atoms with Gasteiger partial charge in [0.25, 0.3) is 0 Å².